The van der Waals surface area contributed by atoms with E-state index in [-0.39, 0.29) is 21.8 Å². The number of hydrazone groups is 1. The highest BCUT2D eigenvalue weighted by molar-refractivity contribution is 9.10. The zero-order chi connectivity index (χ0) is 17.0. The third kappa shape index (κ3) is 4.33. The Kier molecular flexibility index (Phi) is 5.41. The second-order valence-corrected chi connectivity index (χ2v) is 5.61. The second-order valence-electron chi connectivity index (χ2n) is 4.29. The molecule has 2 rings (SSSR count). The average Bonchev–Trinajstić information content (AvgIpc) is 2.50. The molecule has 1 N–H and O–H groups in total. The molecule has 0 aliphatic carbocycles. The summed E-state index contributed by atoms with van der Waals surface area (Å²) in [5.41, 5.74) is 2.14. The van der Waals surface area contributed by atoms with E-state index in [9.17, 15) is 19.3 Å². The van der Waals surface area contributed by atoms with E-state index in [1.165, 1.54) is 24.3 Å². The highest BCUT2D eigenvalue weighted by atomic mass is 79.9. The van der Waals surface area contributed by atoms with Crippen molar-refractivity contribution in [3.63, 3.8) is 0 Å². The molecular weight excluding hydrogens is 393 g/mol. The molecule has 0 saturated carbocycles. The van der Waals surface area contributed by atoms with E-state index in [4.69, 9.17) is 11.6 Å². The van der Waals surface area contributed by atoms with Crippen LogP contribution in [-0.2, 0) is 0 Å². The zero-order valence-electron chi connectivity index (χ0n) is 11.3. The largest absolute Gasteiger partial charge is 0.272 e. The molecule has 118 valence electrons. The summed E-state index contributed by atoms with van der Waals surface area (Å²) in [6, 6.07) is 7.70. The van der Waals surface area contributed by atoms with Gasteiger partial charge >= 0.3 is 0 Å². The van der Waals surface area contributed by atoms with Crippen LogP contribution in [0.2, 0.25) is 5.02 Å². The first-order chi connectivity index (χ1) is 10.9. The molecule has 0 fully saturated rings. The lowest BCUT2D eigenvalue weighted by Gasteiger charge is -2.03. The second kappa shape index (κ2) is 7.30. The number of nitro benzene ring substituents is 1. The number of hydrogen-bond donors (Lipinski definition) is 1. The molecule has 0 heterocycles. The Morgan fingerprint density at radius 3 is 2.74 bits per heavy atom. The fraction of sp³-hybridized carbons (Fsp3) is 0. The van der Waals surface area contributed by atoms with Crippen LogP contribution >= 0.6 is 27.5 Å². The molecule has 2 aromatic rings. The quantitative estimate of drug-likeness (QED) is 0.480. The molecule has 6 nitrogen and oxygen atoms in total. The molecule has 0 bridgehead atoms. The molecule has 23 heavy (non-hydrogen) atoms. The highest BCUT2D eigenvalue weighted by Crippen LogP contribution is 2.22. The van der Waals surface area contributed by atoms with Gasteiger partial charge in [-0.1, -0.05) is 27.5 Å². The molecule has 0 aliphatic heterocycles. The minimum absolute atomic E-state index is 0.0177. The maximum atomic E-state index is 13.5. The fourth-order valence-corrected chi connectivity index (χ4v) is 2.28. The van der Waals surface area contributed by atoms with E-state index in [1.807, 2.05) is 0 Å². The Balaban J connectivity index is 2.12. The Bertz CT molecular complexity index is 814. The number of halogens is 3. The summed E-state index contributed by atoms with van der Waals surface area (Å²) < 4.78 is 14.1. The molecule has 9 heteroatoms. The van der Waals surface area contributed by atoms with Crippen molar-refractivity contribution in [3.8, 4) is 0 Å². The first kappa shape index (κ1) is 17.0. The lowest BCUT2D eigenvalue weighted by atomic mass is 10.2. The van der Waals surface area contributed by atoms with Crippen LogP contribution in [0, 0.1) is 15.9 Å². The number of amides is 1. The van der Waals surface area contributed by atoms with E-state index in [0.717, 1.165) is 18.3 Å². The maximum absolute atomic E-state index is 13.5. The third-order valence-electron chi connectivity index (χ3n) is 2.74. The molecule has 0 aliphatic rings. The summed E-state index contributed by atoms with van der Waals surface area (Å²) in [5.74, 6) is -1.17. The van der Waals surface area contributed by atoms with Gasteiger partial charge in [-0.05, 0) is 24.3 Å². The van der Waals surface area contributed by atoms with Crippen molar-refractivity contribution in [1.29, 1.82) is 0 Å². The predicted molar refractivity (Wildman–Crippen MR) is 87.3 cm³/mol. The van der Waals surface area contributed by atoms with Crippen molar-refractivity contribution in [2.45, 2.75) is 0 Å². The molecule has 0 saturated heterocycles. The number of hydrogen-bond acceptors (Lipinski definition) is 4. The van der Waals surface area contributed by atoms with Gasteiger partial charge in [-0.2, -0.15) is 5.10 Å². The number of non-ortho nitro benzene ring substituents is 1. The van der Waals surface area contributed by atoms with E-state index < -0.39 is 16.6 Å². The number of rotatable bonds is 4. The van der Waals surface area contributed by atoms with Crippen LogP contribution in [0.1, 0.15) is 15.9 Å². The number of nitrogens with one attached hydrogen (secondary N) is 1. The van der Waals surface area contributed by atoms with Crippen LogP contribution in [0.5, 0.6) is 0 Å². The molecule has 1 amide bonds. The van der Waals surface area contributed by atoms with Crippen molar-refractivity contribution >= 4 is 45.3 Å². The van der Waals surface area contributed by atoms with Crippen molar-refractivity contribution in [3.05, 3.63) is 73.0 Å². The monoisotopic (exact) mass is 399 g/mol. The number of nitro groups is 1. The lowest BCUT2D eigenvalue weighted by Crippen LogP contribution is -2.18. The Hall–Kier alpha value is -2.32. The summed E-state index contributed by atoms with van der Waals surface area (Å²) in [4.78, 5) is 21.9. The Morgan fingerprint density at radius 1 is 1.35 bits per heavy atom. The van der Waals surface area contributed by atoms with Crippen LogP contribution in [0.15, 0.2) is 46.0 Å². The maximum Gasteiger partial charge on any atom is 0.272 e. The average molecular weight is 401 g/mol. The number of carbonyl (C=O) groups excluding carboxylic acids is 1. The van der Waals surface area contributed by atoms with Gasteiger partial charge in [0.25, 0.3) is 11.6 Å². The number of nitrogens with zero attached hydrogens (tertiary/aromatic N) is 2. The minimum Gasteiger partial charge on any atom is -0.267 e. The van der Waals surface area contributed by atoms with Gasteiger partial charge in [0.2, 0.25) is 0 Å². The Morgan fingerprint density at radius 2 is 2.09 bits per heavy atom. The first-order valence-corrected chi connectivity index (χ1v) is 7.28. The SMILES string of the molecule is O=C(NN=Cc1cc(Br)ccc1F)c1ccc([N+](=O)[O-])cc1Cl. The van der Waals surface area contributed by atoms with Gasteiger partial charge < -0.3 is 0 Å². The molecule has 0 aromatic heterocycles. The molecular formula is C14H8BrClFN3O3. The molecule has 0 atom stereocenters. The first-order valence-electron chi connectivity index (χ1n) is 6.11. The minimum atomic E-state index is -0.670. The van der Waals surface area contributed by atoms with Crippen LogP contribution in [0.4, 0.5) is 10.1 Å². The van der Waals surface area contributed by atoms with E-state index in [0.29, 0.717) is 4.47 Å². The van der Waals surface area contributed by atoms with Gasteiger partial charge in [-0.15, -0.1) is 0 Å². The van der Waals surface area contributed by atoms with Gasteiger partial charge in [-0.3, -0.25) is 14.9 Å². The summed E-state index contributed by atoms with van der Waals surface area (Å²) in [6.45, 7) is 0. The lowest BCUT2D eigenvalue weighted by molar-refractivity contribution is -0.384. The van der Waals surface area contributed by atoms with Crippen molar-refractivity contribution in [1.82, 2.24) is 5.43 Å². The standard InChI is InChI=1S/C14H8BrClFN3O3/c15-9-1-4-13(17)8(5-9)7-18-19-14(21)11-3-2-10(20(22)23)6-12(11)16/h1-7H,(H,19,21). The van der Waals surface area contributed by atoms with Gasteiger partial charge in [-0.25, -0.2) is 9.82 Å². The smallest absolute Gasteiger partial charge is 0.267 e. The van der Waals surface area contributed by atoms with Crippen LogP contribution in [-0.4, -0.2) is 17.0 Å². The fourth-order valence-electron chi connectivity index (χ4n) is 1.64. The van der Waals surface area contributed by atoms with Crippen molar-refractivity contribution < 1.29 is 14.1 Å². The molecule has 2 aromatic carbocycles. The van der Waals surface area contributed by atoms with Gasteiger partial charge in [0.1, 0.15) is 5.82 Å². The zero-order valence-corrected chi connectivity index (χ0v) is 13.6. The Labute approximate surface area is 143 Å². The molecule has 0 radical (unpaired) electrons. The van der Waals surface area contributed by atoms with E-state index >= 15 is 0 Å². The van der Waals surface area contributed by atoms with Crippen molar-refractivity contribution in [2.75, 3.05) is 0 Å². The van der Waals surface area contributed by atoms with E-state index in [1.54, 1.807) is 0 Å². The highest BCUT2D eigenvalue weighted by Gasteiger charge is 2.14. The molecule has 0 spiro atoms. The van der Waals surface area contributed by atoms with Crippen LogP contribution in [0.3, 0.4) is 0 Å². The predicted octanol–water partition coefficient (Wildman–Crippen LogP) is 3.91. The third-order valence-corrected chi connectivity index (χ3v) is 3.54. The summed E-state index contributed by atoms with van der Waals surface area (Å²) >= 11 is 9.02. The number of carbonyl (C=O) groups is 1. The molecule has 0 unspecified atom stereocenters. The van der Waals surface area contributed by atoms with E-state index in [2.05, 4.69) is 26.5 Å². The normalized spacial score (nSPS) is 10.7. The summed E-state index contributed by atoms with van der Waals surface area (Å²) in [7, 11) is 0. The summed E-state index contributed by atoms with van der Waals surface area (Å²) in [6.07, 6.45) is 1.14. The van der Waals surface area contributed by atoms with Gasteiger partial charge in [0, 0.05) is 22.2 Å². The summed E-state index contributed by atoms with van der Waals surface area (Å²) in [5, 5.41) is 14.2. The van der Waals surface area contributed by atoms with Crippen LogP contribution in [0.25, 0.3) is 0 Å². The van der Waals surface area contributed by atoms with Gasteiger partial charge in [0.05, 0.1) is 21.7 Å². The number of benzene rings is 2. The van der Waals surface area contributed by atoms with Crippen molar-refractivity contribution in [2.24, 2.45) is 5.10 Å². The van der Waals surface area contributed by atoms with Crippen LogP contribution < -0.4 is 5.43 Å². The topological polar surface area (TPSA) is 84.6 Å². The van der Waals surface area contributed by atoms with Gasteiger partial charge in [0.15, 0.2) is 0 Å².